The van der Waals surface area contributed by atoms with Crippen LogP contribution >= 0.6 is 30.3 Å². The quantitative estimate of drug-likeness (QED) is 0.509. The second-order valence-corrected chi connectivity index (χ2v) is 8.42. The molecular formula is C20H26IN5S. The number of aromatic nitrogens is 3. The summed E-state index contributed by atoms with van der Waals surface area (Å²) in [5.41, 5.74) is 3.37. The molecule has 0 amide bonds. The molecule has 0 saturated carbocycles. The summed E-state index contributed by atoms with van der Waals surface area (Å²) in [7, 11) is 1.64. The third kappa shape index (κ3) is 4.57. The molecule has 27 heavy (non-hydrogen) atoms. The molecule has 0 bridgehead atoms. The molecular weight excluding hydrogens is 469 g/mol. The minimum absolute atomic E-state index is 0.463. The fourth-order valence-corrected chi connectivity index (χ4v) is 4.52. The van der Waals surface area contributed by atoms with Gasteiger partial charge in [0.2, 0.25) is 0 Å². The summed E-state index contributed by atoms with van der Waals surface area (Å²) in [6.07, 6.45) is 5.10. The molecule has 1 unspecified atom stereocenters. The highest BCUT2D eigenvalue weighted by Gasteiger charge is 2.23. The van der Waals surface area contributed by atoms with Gasteiger partial charge in [0.05, 0.1) is 5.39 Å². The van der Waals surface area contributed by atoms with E-state index in [4.69, 9.17) is 0 Å². The molecule has 144 valence electrons. The maximum absolute atomic E-state index is 4.66. The third-order valence-corrected chi connectivity index (χ3v) is 6.06. The largest absolute Gasteiger partial charge is 0.353 e. The maximum Gasteiger partial charge on any atom is 0.156 e. The van der Waals surface area contributed by atoms with E-state index in [2.05, 4.69) is 96.6 Å². The maximum atomic E-state index is 4.66. The van der Waals surface area contributed by atoms with Gasteiger partial charge in [-0.3, -0.25) is 3.97 Å². The van der Waals surface area contributed by atoms with Gasteiger partial charge in [0, 0.05) is 67.8 Å². The van der Waals surface area contributed by atoms with E-state index < -0.39 is 0 Å². The smallest absolute Gasteiger partial charge is 0.156 e. The fraction of sp³-hybridized carbons (Fsp3) is 0.400. The third-order valence-electron chi connectivity index (χ3n) is 4.36. The Morgan fingerprint density at radius 3 is 2.63 bits per heavy atom. The van der Waals surface area contributed by atoms with Crippen molar-refractivity contribution in [2.45, 2.75) is 33.2 Å². The Morgan fingerprint density at radius 2 is 1.96 bits per heavy atom. The van der Waals surface area contributed by atoms with Crippen molar-refractivity contribution in [2.75, 3.05) is 24.5 Å². The van der Waals surface area contributed by atoms with Gasteiger partial charge in [0.15, 0.2) is 5.65 Å². The van der Waals surface area contributed by atoms with Crippen molar-refractivity contribution in [3.63, 3.8) is 0 Å². The fourth-order valence-electron chi connectivity index (χ4n) is 3.27. The lowest BCUT2D eigenvalue weighted by Gasteiger charge is -2.33. The van der Waals surface area contributed by atoms with Crippen LogP contribution in [0.4, 0.5) is 5.82 Å². The summed E-state index contributed by atoms with van der Waals surface area (Å²) < 4.78 is 2.12. The van der Waals surface area contributed by atoms with Crippen molar-refractivity contribution in [3.05, 3.63) is 42.9 Å². The summed E-state index contributed by atoms with van der Waals surface area (Å²) in [4.78, 5) is 11.6. The number of nitrogens with zero attached hydrogens (tertiary/aromatic N) is 4. The van der Waals surface area contributed by atoms with Crippen LogP contribution < -0.4 is 10.2 Å². The van der Waals surface area contributed by atoms with E-state index in [1.807, 2.05) is 6.07 Å². The van der Waals surface area contributed by atoms with E-state index in [-0.39, 0.29) is 0 Å². The van der Waals surface area contributed by atoms with Crippen molar-refractivity contribution in [3.8, 4) is 11.1 Å². The van der Waals surface area contributed by atoms with E-state index in [0.29, 0.717) is 6.04 Å². The Morgan fingerprint density at radius 1 is 1.22 bits per heavy atom. The number of hydrogen-bond acceptors (Lipinski definition) is 5. The topological polar surface area (TPSA) is 46.0 Å². The molecule has 1 saturated heterocycles. The van der Waals surface area contributed by atoms with Gasteiger partial charge in [-0.15, -0.1) is 0 Å². The SMILES string of the molecule is CC1CN(c2ncnc3c2c(-c2ccccc2)cn3SI)CCN1.CCC. The lowest BCUT2D eigenvalue weighted by atomic mass is 10.1. The Bertz CT molecular complexity index is 867. The first-order valence-electron chi connectivity index (χ1n) is 9.38. The lowest BCUT2D eigenvalue weighted by molar-refractivity contribution is 0.483. The van der Waals surface area contributed by atoms with Crippen LogP contribution in [-0.4, -0.2) is 39.6 Å². The normalized spacial score (nSPS) is 16.9. The first kappa shape index (κ1) is 20.4. The molecule has 0 spiro atoms. The van der Waals surface area contributed by atoms with Gasteiger partial charge >= 0.3 is 0 Å². The summed E-state index contributed by atoms with van der Waals surface area (Å²) in [5, 5.41) is 4.64. The molecule has 3 aromatic rings. The molecule has 0 radical (unpaired) electrons. The van der Waals surface area contributed by atoms with Crippen LogP contribution in [0.25, 0.3) is 22.2 Å². The molecule has 1 aromatic carbocycles. The van der Waals surface area contributed by atoms with Crippen LogP contribution in [-0.2, 0) is 0 Å². The monoisotopic (exact) mass is 495 g/mol. The van der Waals surface area contributed by atoms with E-state index >= 15 is 0 Å². The summed E-state index contributed by atoms with van der Waals surface area (Å²) in [5.74, 6) is 1.04. The summed E-state index contributed by atoms with van der Waals surface area (Å²) in [6, 6.07) is 11.0. The number of anilines is 1. The number of halogens is 1. The average Bonchev–Trinajstić information content (AvgIpc) is 3.08. The zero-order chi connectivity index (χ0) is 19.2. The van der Waals surface area contributed by atoms with Crippen LogP contribution in [0.1, 0.15) is 27.2 Å². The number of benzene rings is 1. The van der Waals surface area contributed by atoms with E-state index in [1.165, 1.54) is 17.5 Å². The van der Waals surface area contributed by atoms with Crippen LogP contribution in [0, 0.1) is 0 Å². The van der Waals surface area contributed by atoms with E-state index in [1.54, 1.807) is 15.4 Å². The van der Waals surface area contributed by atoms with Gasteiger partial charge in [-0.25, -0.2) is 9.97 Å². The van der Waals surface area contributed by atoms with Gasteiger partial charge in [-0.1, -0.05) is 50.6 Å². The van der Waals surface area contributed by atoms with E-state index in [9.17, 15) is 0 Å². The van der Waals surface area contributed by atoms with Crippen LogP contribution in [0.2, 0.25) is 0 Å². The molecule has 3 heterocycles. The number of rotatable bonds is 3. The molecule has 1 atom stereocenters. The Hall–Kier alpha value is -1.32. The molecule has 5 nitrogen and oxygen atoms in total. The van der Waals surface area contributed by atoms with Gasteiger partial charge in [-0.05, 0) is 12.5 Å². The summed E-state index contributed by atoms with van der Waals surface area (Å²) in [6.45, 7) is 9.37. The highest BCUT2D eigenvalue weighted by atomic mass is 127. The number of piperazine rings is 1. The minimum Gasteiger partial charge on any atom is -0.353 e. The zero-order valence-electron chi connectivity index (χ0n) is 16.0. The highest BCUT2D eigenvalue weighted by molar-refractivity contribution is 14.2. The van der Waals surface area contributed by atoms with Crippen molar-refractivity contribution in [2.24, 2.45) is 0 Å². The zero-order valence-corrected chi connectivity index (χ0v) is 19.0. The first-order valence-corrected chi connectivity index (χ1v) is 12.7. The Balaban J connectivity index is 0.000000659. The predicted molar refractivity (Wildman–Crippen MR) is 126 cm³/mol. The summed E-state index contributed by atoms with van der Waals surface area (Å²) >= 11 is 2.30. The average molecular weight is 495 g/mol. The molecule has 1 fully saturated rings. The van der Waals surface area contributed by atoms with Gasteiger partial charge in [-0.2, -0.15) is 0 Å². The van der Waals surface area contributed by atoms with Crippen LogP contribution in [0.15, 0.2) is 42.9 Å². The van der Waals surface area contributed by atoms with E-state index in [0.717, 1.165) is 36.5 Å². The van der Waals surface area contributed by atoms with Crippen LogP contribution in [0.3, 0.4) is 0 Å². The number of hydrogen-bond donors (Lipinski definition) is 1. The van der Waals surface area contributed by atoms with Crippen molar-refractivity contribution >= 4 is 47.2 Å². The molecule has 1 aliphatic heterocycles. The minimum atomic E-state index is 0.463. The molecule has 2 aromatic heterocycles. The number of nitrogens with one attached hydrogen (secondary N) is 1. The van der Waals surface area contributed by atoms with Gasteiger partial charge < -0.3 is 10.2 Å². The molecule has 7 heteroatoms. The highest BCUT2D eigenvalue weighted by Crippen LogP contribution is 2.38. The Labute approximate surface area is 177 Å². The van der Waals surface area contributed by atoms with Crippen molar-refractivity contribution < 1.29 is 0 Å². The Kier molecular flexibility index (Phi) is 7.37. The van der Waals surface area contributed by atoms with Crippen molar-refractivity contribution in [1.29, 1.82) is 0 Å². The van der Waals surface area contributed by atoms with Crippen LogP contribution in [0.5, 0.6) is 0 Å². The standard InChI is InChI=1S/C17H18IN5S.C3H8/c1-12-9-22(8-7-19-12)16-15-14(13-5-3-2-4-6-13)10-23(24-18)17(15)21-11-20-16;1-3-2/h2-6,10-12,19H,7-9H2,1H3;3H2,1-2H3. The van der Waals surface area contributed by atoms with Gasteiger partial charge in [0.1, 0.15) is 12.1 Å². The van der Waals surface area contributed by atoms with Crippen molar-refractivity contribution in [1.82, 2.24) is 19.3 Å². The first-order chi connectivity index (χ1) is 13.2. The molecule has 0 aliphatic carbocycles. The number of fused-ring (bicyclic) bond motifs is 1. The second-order valence-electron chi connectivity index (χ2n) is 6.71. The predicted octanol–water partition coefficient (Wildman–Crippen LogP) is 5.16. The van der Waals surface area contributed by atoms with Gasteiger partial charge in [0.25, 0.3) is 0 Å². The second kappa shape index (κ2) is 9.75. The lowest BCUT2D eigenvalue weighted by Crippen LogP contribution is -2.49. The molecule has 1 aliphatic rings. The molecule has 4 rings (SSSR count). The molecule has 1 N–H and O–H groups in total.